The first-order chi connectivity index (χ1) is 8.11. The number of alkyl halides is 3. The van der Waals surface area contributed by atoms with Crippen LogP contribution in [0.5, 0.6) is 0 Å². The van der Waals surface area contributed by atoms with Crippen molar-refractivity contribution in [1.82, 2.24) is 0 Å². The molecule has 0 aromatic heterocycles. The number of fused-ring (bicyclic) bond motifs is 1. The molecule has 2 aliphatic rings. The first kappa shape index (κ1) is 14.2. The van der Waals surface area contributed by atoms with Crippen LogP contribution < -0.4 is 0 Å². The predicted octanol–water partition coefficient (Wildman–Crippen LogP) is 2.49. The lowest BCUT2D eigenvalue weighted by Crippen LogP contribution is -2.34. The van der Waals surface area contributed by atoms with E-state index >= 15 is 0 Å². The second-order valence-corrected chi connectivity index (χ2v) is 7.46. The standard InChI is InChI=1S/C11H13Cl3O4/c1-4-17-7(15)10-5(9(10,2)3)6(11(12,13)14)18-8(10)16/h5-6H,4H2,1-3H3/t5-,6-,10-/m1/s1. The molecule has 4 nitrogen and oxygen atoms in total. The molecule has 1 aliphatic heterocycles. The van der Waals surface area contributed by atoms with Gasteiger partial charge in [-0.2, -0.15) is 0 Å². The lowest BCUT2D eigenvalue weighted by Gasteiger charge is -2.24. The van der Waals surface area contributed by atoms with E-state index in [1.54, 1.807) is 20.8 Å². The molecule has 0 bridgehead atoms. The van der Waals surface area contributed by atoms with Gasteiger partial charge in [-0.15, -0.1) is 0 Å². The summed E-state index contributed by atoms with van der Waals surface area (Å²) in [5.74, 6) is -1.72. The SMILES string of the molecule is CCOC(=O)[C@@]12C(=O)O[C@@H](C(Cl)(Cl)Cl)[C@@H]1C2(C)C. The van der Waals surface area contributed by atoms with Crippen LogP contribution in [0.4, 0.5) is 0 Å². The molecule has 2 fully saturated rings. The number of ether oxygens (including phenoxy) is 2. The molecule has 7 heteroatoms. The number of halogens is 3. The second-order valence-electron chi connectivity index (χ2n) is 5.10. The molecule has 0 amide bonds. The fourth-order valence-electron chi connectivity index (χ4n) is 3.05. The third-order valence-electron chi connectivity index (χ3n) is 3.96. The van der Waals surface area contributed by atoms with Crippen molar-refractivity contribution in [3.63, 3.8) is 0 Å². The van der Waals surface area contributed by atoms with Crippen molar-refractivity contribution in [2.75, 3.05) is 6.61 Å². The topological polar surface area (TPSA) is 52.6 Å². The molecule has 0 N–H and O–H groups in total. The maximum absolute atomic E-state index is 12.1. The number of carbonyl (C=O) groups excluding carboxylic acids is 2. The molecule has 1 saturated heterocycles. The molecule has 1 heterocycles. The molecule has 0 unspecified atom stereocenters. The Morgan fingerprint density at radius 1 is 1.44 bits per heavy atom. The number of cyclic esters (lactones) is 1. The van der Waals surface area contributed by atoms with Gasteiger partial charge in [0, 0.05) is 11.3 Å². The Bertz CT molecular complexity index is 415. The van der Waals surface area contributed by atoms with E-state index < -0.39 is 38.6 Å². The summed E-state index contributed by atoms with van der Waals surface area (Å²) in [5, 5.41) is 0. The summed E-state index contributed by atoms with van der Waals surface area (Å²) in [7, 11) is 0. The van der Waals surface area contributed by atoms with Gasteiger partial charge in [-0.3, -0.25) is 9.59 Å². The van der Waals surface area contributed by atoms with Gasteiger partial charge < -0.3 is 9.47 Å². The van der Waals surface area contributed by atoms with Gasteiger partial charge in [0.05, 0.1) is 6.61 Å². The zero-order chi connectivity index (χ0) is 13.9. The molecule has 0 radical (unpaired) electrons. The molecule has 18 heavy (non-hydrogen) atoms. The fraction of sp³-hybridized carbons (Fsp3) is 0.818. The largest absolute Gasteiger partial charge is 0.465 e. The Morgan fingerprint density at radius 3 is 2.39 bits per heavy atom. The maximum Gasteiger partial charge on any atom is 0.324 e. The van der Waals surface area contributed by atoms with Crippen LogP contribution in [0, 0.1) is 16.7 Å². The van der Waals surface area contributed by atoms with Crippen molar-refractivity contribution >= 4 is 46.7 Å². The minimum Gasteiger partial charge on any atom is -0.465 e. The predicted molar refractivity (Wildman–Crippen MR) is 66.5 cm³/mol. The highest BCUT2D eigenvalue weighted by atomic mass is 35.6. The van der Waals surface area contributed by atoms with Crippen LogP contribution in [0.2, 0.25) is 0 Å². The molecule has 102 valence electrons. The molecule has 1 saturated carbocycles. The van der Waals surface area contributed by atoms with Crippen LogP contribution in [0.25, 0.3) is 0 Å². The van der Waals surface area contributed by atoms with E-state index in [0.29, 0.717) is 0 Å². The Morgan fingerprint density at radius 2 is 2.00 bits per heavy atom. The number of carbonyl (C=O) groups is 2. The molecule has 1 aliphatic carbocycles. The Labute approximate surface area is 120 Å². The van der Waals surface area contributed by atoms with Crippen molar-refractivity contribution in [2.45, 2.75) is 30.7 Å². The van der Waals surface area contributed by atoms with Crippen LogP contribution >= 0.6 is 34.8 Å². The second kappa shape index (κ2) is 3.90. The lowest BCUT2D eigenvalue weighted by molar-refractivity contribution is -0.164. The van der Waals surface area contributed by atoms with Crippen molar-refractivity contribution in [1.29, 1.82) is 0 Å². The van der Waals surface area contributed by atoms with Gasteiger partial charge in [0.15, 0.2) is 11.5 Å². The van der Waals surface area contributed by atoms with Gasteiger partial charge in [0.1, 0.15) is 0 Å². The van der Waals surface area contributed by atoms with Crippen LogP contribution in [-0.4, -0.2) is 28.4 Å². The summed E-state index contributed by atoms with van der Waals surface area (Å²) in [4.78, 5) is 24.1. The van der Waals surface area contributed by atoms with Gasteiger partial charge in [-0.25, -0.2) is 0 Å². The van der Waals surface area contributed by atoms with Crippen LogP contribution in [-0.2, 0) is 19.1 Å². The third kappa shape index (κ3) is 1.52. The smallest absolute Gasteiger partial charge is 0.324 e. The van der Waals surface area contributed by atoms with Crippen molar-refractivity contribution in [2.24, 2.45) is 16.7 Å². The van der Waals surface area contributed by atoms with Gasteiger partial charge in [0.25, 0.3) is 0 Å². The molecule has 0 aromatic rings. The average molecular weight is 316 g/mol. The van der Waals surface area contributed by atoms with Gasteiger partial charge in [-0.05, 0) is 6.92 Å². The Balaban J connectivity index is 2.38. The first-order valence-corrected chi connectivity index (χ1v) is 6.70. The van der Waals surface area contributed by atoms with E-state index in [0.717, 1.165) is 0 Å². The highest BCUT2D eigenvalue weighted by Gasteiger charge is 2.89. The maximum atomic E-state index is 12.1. The van der Waals surface area contributed by atoms with Crippen molar-refractivity contribution in [3.05, 3.63) is 0 Å². The average Bonchev–Trinajstić information content (AvgIpc) is 2.54. The lowest BCUT2D eigenvalue weighted by atomic mass is 9.96. The monoisotopic (exact) mass is 314 g/mol. The summed E-state index contributed by atoms with van der Waals surface area (Å²) >= 11 is 17.4. The van der Waals surface area contributed by atoms with E-state index in [1.165, 1.54) is 0 Å². The quantitative estimate of drug-likeness (QED) is 0.446. The van der Waals surface area contributed by atoms with Crippen LogP contribution in [0.3, 0.4) is 0 Å². The molecule has 0 spiro atoms. The van der Waals surface area contributed by atoms with E-state index in [-0.39, 0.29) is 6.61 Å². The van der Waals surface area contributed by atoms with E-state index in [2.05, 4.69) is 0 Å². The summed E-state index contributed by atoms with van der Waals surface area (Å²) < 4.78 is 8.28. The summed E-state index contributed by atoms with van der Waals surface area (Å²) in [6.45, 7) is 5.41. The fourth-order valence-corrected chi connectivity index (χ4v) is 3.56. The van der Waals surface area contributed by atoms with E-state index in [9.17, 15) is 9.59 Å². The minimum absolute atomic E-state index is 0.190. The summed E-state index contributed by atoms with van der Waals surface area (Å²) in [5.41, 5.74) is -1.94. The number of hydrogen-bond acceptors (Lipinski definition) is 4. The first-order valence-electron chi connectivity index (χ1n) is 5.56. The van der Waals surface area contributed by atoms with Gasteiger partial charge >= 0.3 is 11.9 Å². The van der Waals surface area contributed by atoms with Gasteiger partial charge in [0.2, 0.25) is 3.79 Å². The van der Waals surface area contributed by atoms with Crippen molar-refractivity contribution < 1.29 is 19.1 Å². The van der Waals surface area contributed by atoms with Crippen molar-refractivity contribution in [3.8, 4) is 0 Å². The zero-order valence-electron chi connectivity index (χ0n) is 10.1. The summed E-state index contributed by atoms with van der Waals surface area (Å²) in [6.07, 6.45) is -0.922. The Kier molecular flexibility index (Phi) is 3.08. The van der Waals surface area contributed by atoms with E-state index in [4.69, 9.17) is 44.3 Å². The van der Waals surface area contributed by atoms with E-state index in [1.807, 2.05) is 0 Å². The molecular formula is C11H13Cl3O4. The number of rotatable bonds is 2. The van der Waals surface area contributed by atoms with Crippen LogP contribution in [0.1, 0.15) is 20.8 Å². The number of esters is 2. The van der Waals surface area contributed by atoms with Gasteiger partial charge in [-0.1, -0.05) is 48.7 Å². The Hall–Kier alpha value is -0.190. The third-order valence-corrected chi connectivity index (χ3v) is 4.60. The molecule has 3 atom stereocenters. The minimum atomic E-state index is -1.75. The number of hydrogen-bond donors (Lipinski definition) is 0. The molecular weight excluding hydrogens is 302 g/mol. The molecule has 0 aromatic carbocycles. The van der Waals surface area contributed by atoms with Crippen LogP contribution in [0.15, 0.2) is 0 Å². The summed E-state index contributed by atoms with van der Waals surface area (Å²) in [6, 6.07) is 0. The zero-order valence-corrected chi connectivity index (χ0v) is 12.4. The highest BCUT2D eigenvalue weighted by molar-refractivity contribution is 6.68. The highest BCUT2D eigenvalue weighted by Crippen LogP contribution is 2.76. The molecule has 2 rings (SSSR count). The normalized spacial score (nSPS) is 36.9.